The van der Waals surface area contributed by atoms with Crippen LogP contribution in [0.5, 0.6) is 5.75 Å². The summed E-state index contributed by atoms with van der Waals surface area (Å²) in [7, 11) is -2.51. The van der Waals surface area contributed by atoms with Crippen LogP contribution in [-0.4, -0.2) is 46.6 Å². The van der Waals surface area contributed by atoms with Crippen LogP contribution in [0, 0.1) is 5.82 Å². The van der Waals surface area contributed by atoms with Gasteiger partial charge in [0, 0.05) is 12.6 Å². The second-order valence-electron chi connectivity index (χ2n) is 7.51. The molecule has 3 N–H and O–H groups in total. The molecule has 0 spiro atoms. The van der Waals surface area contributed by atoms with Gasteiger partial charge in [-0.05, 0) is 42.0 Å². The number of rotatable bonds is 10. The first kappa shape index (κ1) is 25.4. The highest BCUT2D eigenvalue weighted by atomic mass is 32.2. The molecule has 0 aliphatic carbocycles. The van der Waals surface area contributed by atoms with E-state index in [0.29, 0.717) is 16.1 Å². The maximum absolute atomic E-state index is 14.1. The van der Waals surface area contributed by atoms with Gasteiger partial charge in [0.2, 0.25) is 10.0 Å². The van der Waals surface area contributed by atoms with Gasteiger partial charge in [0.05, 0.1) is 36.1 Å². The number of carbonyl (C=O) groups is 1. The van der Waals surface area contributed by atoms with Crippen molar-refractivity contribution in [2.45, 2.75) is 23.2 Å². The van der Waals surface area contributed by atoms with Crippen LogP contribution in [0.1, 0.15) is 17.3 Å². The van der Waals surface area contributed by atoms with Gasteiger partial charge in [0.1, 0.15) is 10.3 Å². The second-order valence-corrected chi connectivity index (χ2v) is 10.6. The predicted octanol–water partition coefficient (Wildman–Crippen LogP) is 2.32. The van der Waals surface area contributed by atoms with Crippen LogP contribution in [0.3, 0.4) is 0 Å². The molecule has 3 aromatic heterocycles. The van der Waals surface area contributed by atoms with E-state index in [0.717, 1.165) is 11.3 Å². The van der Waals surface area contributed by atoms with Gasteiger partial charge >= 0.3 is 0 Å². The van der Waals surface area contributed by atoms with Crippen molar-refractivity contribution < 1.29 is 27.5 Å². The molecule has 0 saturated carbocycles. The lowest BCUT2D eigenvalue weighted by Crippen LogP contribution is -2.32. The first-order valence-corrected chi connectivity index (χ1v) is 12.8. The van der Waals surface area contributed by atoms with E-state index in [1.807, 2.05) is 6.07 Å². The number of halogens is 1. The molecule has 0 radical (unpaired) electrons. The van der Waals surface area contributed by atoms with Gasteiger partial charge in [-0.15, -0.1) is 16.4 Å². The molecule has 14 heteroatoms. The summed E-state index contributed by atoms with van der Waals surface area (Å²) in [5.41, 5.74) is 2.90. The summed E-state index contributed by atoms with van der Waals surface area (Å²) in [6.07, 6.45) is 2.98. The van der Waals surface area contributed by atoms with Gasteiger partial charge in [0.25, 0.3) is 5.91 Å². The molecule has 0 bridgehead atoms. The summed E-state index contributed by atoms with van der Waals surface area (Å²) in [5.74, 6) is -1.36. The number of ether oxygens (including phenoxy) is 1. The molecule has 0 aliphatic heterocycles. The Kier molecular flexibility index (Phi) is 7.69. The van der Waals surface area contributed by atoms with Crippen molar-refractivity contribution in [3.05, 3.63) is 78.0 Å². The molecule has 0 saturated heterocycles. The van der Waals surface area contributed by atoms with E-state index < -0.39 is 27.8 Å². The Morgan fingerprint density at radius 2 is 2.08 bits per heavy atom. The minimum atomic E-state index is -3.85. The summed E-state index contributed by atoms with van der Waals surface area (Å²) >= 11 is 1.08. The van der Waals surface area contributed by atoms with Gasteiger partial charge in [-0.1, -0.05) is 17.3 Å². The minimum Gasteiger partial charge on any atom is -0.494 e. The Labute approximate surface area is 209 Å². The molecule has 0 unspecified atom stereocenters. The molecule has 1 aromatic carbocycles. The van der Waals surface area contributed by atoms with Crippen LogP contribution >= 0.6 is 11.3 Å². The van der Waals surface area contributed by atoms with Gasteiger partial charge < -0.3 is 4.74 Å². The fourth-order valence-electron chi connectivity index (χ4n) is 3.34. The molecule has 4 aromatic rings. The lowest BCUT2D eigenvalue weighted by Gasteiger charge is -2.15. The maximum atomic E-state index is 14.1. The third-order valence-electron chi connectivity index (χ3n) is 5.14. The number of methoxy groups -OCH3 is 1. The van der Waals surface area contributed by atoms with E-state index in [1.165, 1.54) is 36.2 Å². The molecule has 188 valence electrons. The average molecular weight is 533 g/mol. The Morgan fingerprint density at radius 3 is 2.78 bits per heavy atom. The van der Waals surface area contributed by atoms with Gasteiger partial charge in [-0.3, -0.25) is 15.0 Å². The summed E-state index contributed by atoms with van der Waals surface area (Å²) in [5, 5.41) is 17.0. The number of nitrogens with one attached hydrogen (secondary N) is 2. The van der Waals surface area contributed by atoms with Crippen LogP contribution in [0.15, 0.2) is 65.1 Å². The molecule has 36 heavy (non-hydrogen) atoms. The smallest absolute Gasteiger partial charge is 0.268 e. The molecule has 1 amide bonds. The van der Waals surface area contributed by atoms with Crippen molar-refractivity contribution in [1.29, 1.82) is 0 Å². The van der Waals surface area contributed by atoms with Crippen LogP contribution < -0.4 is 14.9 Å². The molecular weight excluding hydrogens is 511 g/mol. The first-order chi connectivity index (χ1) is 17.3. The zero-order valence-electron chi connectivity index (χ0n) is 18.8. The van der Waals surface area contributed by atoms with Crippen LogP contribution in [0.25, 0.3) is 10.6 Å². The van der Waals surface area contributed by atoms with Crippen LogP contribution in [0.4, 0.5) is 4.39 Å². The number of amides is 1. The van der Waals surface area contributed by atoms with E-state index in [1.54, 1.807) is 35.9 Å². The number of benzene rings is 1. The highest BCUT2D eigenvalue weighted by Crippen LogP contribution is 2.29. The zero-order valence-corrected chi connectivity index (χ0v) is 20.5. The van der Waals surface area contributed by atoms with Gasteiger partial charge in [0.15, 0.2) is 11.6 Å². The highest BCUT2D eigenvalue weighted by molar-refractivity contribution is 7.91. The number of carbonyl (C=O) groups excluding carboxylic acids is 1. The molecule has 0 fully saturated rings. The SMILES string of the molecule is COc1ccc(C[C@@H](C(=O)NO)n2cc(CNS(=O)(=O)c3ccc(-c4ccccn4)s3)nn2)cc1F. The lowest BCUT2D eigenvalue weighted by molar-refractivity contribution is -0.133. The largest absolute Gasteiger partial charge is 0.494 e. The third kappa shape index (κ3) is 5.73. The first-order valence-electron chi connectivity index (χ1n) is 10.5. The molecule has 3 heterocycles. The summed E-state index contributed by atoms with van der Waals surface area (Å²) in [4.78, 5) is 17.2. The van der Waals surface area contributed by atoms with E-state index in [2.05, 4.69) is 20.0 Å². The number of hydrogen-bond acceptors (Lipinski definition) is 9. The quantitative estimate of drug-likeness (QED) is 0.208. The number of nitrogens with zero attached hydrogens (tertiary/aromatic N) is 4. The molecule has 1 atom stereocenters. The van der Waals surface area contributed by atoms with E-state index in [4.69, 9.17) is 9.94 Å². The summed E-state index contributed by atoms with van der Waals surface area (Å²) in [6, 6.07) is 11.7. The lowest BCUT2D eigenvalue weighted by atomic mass is 10.1. The number of hydrogen-bond donors (Lipinski definition) is 3. The van der Waals surface area contributed by atoms with Crippen molar-refractivity contribution in [1.82, 2.24) is 30.2 Å². The highest BCUT2D eigenvalue weighted by Gasteiger charge is 2.24. The Bertz CT molecular complexity index is 1460. The van der Waals surface area contributed by atoms with Crippen LogP contribution in [0.2, 0.25) is 0 Å². The van der Waals surface area contributed by atoms with Crippen molar-refractivity contribution in [3.8, 4) is 16.3 Å². The number of sulfonamides is 1. The summed E-state index contributed by atoms with van der Waals surface area (Å²) < 4.78 is 48.2. The molecular formula is C22H21FN6O5S2. The number of pyridine rings is 1. The zero-order chi connectivity index (χ0) is 25.7. The normalized spacial score (nSPS) is 12.3. The fraction of sp³-hybridized carbons (Fsp3) is 0.182. The monoisotopic (exact) mass is 532 g/mol. The van der Waals surface area contributed by atoms with Crippen LogP contribution in [-0.2, 0) is 27.8 Å². The van der Waals surface area contributed by atoms with Gasteiger partial charge in [-0.25, -0.2) is 27.7 Å². The third-order valence-corrected chi connectivity index (χ3v) is 8.14. The number of aromatic nitrogens is 4. The number of thiophene rings is 1. The molecule has 4 rings (SSSR count). The minimum absolute atomic E-state index is 0.0205. The average Bonchev–Trinajstić information content (AvgIpc) is 3.57. The Hall–Kier alpha value is -3.72. The van der Waals surface area contributed by atoms with E-state index in [9.17, 15) is 17.6 Å². The predicted molar refractivity (Wildman–Crippen MR) is 127 cm³/mol. The Balaban J connectivity index is 1.46. The fourth-order valence-corrected chi connectivity index (χ4v) is 5.67. The Morgan fingerprint density at radius 1 is 1.25 bits per heavy atom. The van der Waals surface area contributed by atoms with E-state index in [-0.39, 0.29) is 28.6 Å². The van der Waals surface area contributed by atoms with Crippen molar-refractivity contribution in [3.63, 3.8) is 0 Å². The molecule has 0 aliphatic rings. The van der Waals surface area contributed by atoms with Crippen molar-refractivity contribution >= 4 is 27.3 Å². The van der Waals surface area contributed by atoms with Crippen molar-refractivity contribution in [2.24, 2.45) is 0 Å². The summed E-state index contributed by atoms with van der Waals surface area (Å²) in [6.45, 7) is -0.191. The topological polar surface area (TPSA) is 148 Å². The number of hydroxylamine groups is 1. The molecule has 11 nitrogen and oxygen atoms in total. The second kappa shape index (κ2) is 10.9. The van der Waals surface area contributed by atoms with E-state index >= 15 is 0 Å². The maximum Gasteiger partial charge on any atom is 0.268 e. The van der Waals surface area contributed by atoms with Gasteiger partial charge in [-0.2, -0.15) is 0 Å². The standard InChI is InChI=1S/C22H21FN6O5S2/c1-34-19-6-5-14(10-16(19)23)11-18(22(30)27-31)29-13-15(26-28-29)12-25-36(32,33)21-8-7-20(35-21)17-4-2-3-9-24-17/h2-10,13,18,25,31H,11-12H2,1H3,(H,27,30)/t18-/m0/s1. The van der Waals surface area contributed by atoms with Crippen molar-refractivity contribution in [2.75, 3.05) is 7.11 Å².